The topological polar surface area (TPSA) is 58.2 Å². The van der Waals surface area contributed by atoms with Crippen molar-refractivity contribution < 1.29 is 9.59 Å². The van der Waals surface area contributed by atoms with Crippen LogP contribution in [0.2, 0.25) is 0 Å². The number of rotatable bonds is 7. The Hall–Kier alpha value is -2.27. The van der Waals surface area contributed by atoms with E-state index in [0.717, 1.165) is 16.1 Å². The minimum Gasteiger partial charge on any atom is -0.359 e. The van der Waals surface area contributed by atoms with E-state index in [4.69, 9.17) is 0 Å². The number of anilines is 1. The van der Waals surface area contributed by atoms with Crippen molar-refractivity contribution in [3.63, 3.8) is 0 Å². The van der Waals surface area contributed by atoms with Crippen LogP contribution in [0.3, 0.4) is 0 Å². The molecule has 0 radical (unpaired) electrons. The van der Waals surface area contributed by atoms with Gasteiger partial charge in [0.05, 0.1) is 5.25 Å². The Kier molecular flexibility index (Phi) is 7.07. The normalized spacial score (nSPS) is 11.6. The molecule has 4 nitrogen and oxygen atoms in total. The van der Waals surface area contributed by atoms with Crippen molar-refractivity contribution in [2.75, 3.05) is 12.4 Å². The Balaban J connectivity index is 1.99. The fraction of sp³-hybridized carbons (Fsp3) is 0.300. The van der Waals surface area contributed by atoms with Crippen LogP contribution < -0.4 is 10.6 Å². The fourth-order valence-corrected chi connectivity index (χ4v) is 3.21. The van der Waals surface area contributed by atoms with Crippen molar-refractivity contribution in [3.05, 3.63) is 59.7 Å². The lowest BCUT2D eigenvalue weighted by Crippen LogP contribution is -2.23. The van der Waals surface area contributed by atoms with Crippen LogP contribution in [0, 0.1) is 6.92 Å². The van der Waals surface area contributed by atoms with E-state index < -0.39 is 0 Å². The van der Waals surface area contributed by atoms with Crippen LogP contribution in [-0.4, -0.2) is 24.1 Å². The fourth-order valence-electron chi connectivity index (χ4n) is 2.34. The number of nitrogens with one attached hydrogen (secondary N) is 2. The van der Waals surface area contributed by atoms with Gasteiger partial charge in [0.25, 0.3) is 0 Å². The molecule has 0 aliphatic carbocycles. The summed E-state index contributed by atoms with van der Waals surface area (Å²) in [4.78, 5) is 25.0. The molecule has 1 unspecified atom stereocenters. The van der Waals surface area contributed by atoms with Gasteiger partial charge in [-0.05, 0) is 44.0 Å². The Morgan fingerprint density at radius 2 is 1.76 bits per heavy atom. The largest absolute Gasteiger partial charge is 0.359 e. The quantitative estimate of drug-likeness (QED) is 0.742. The summed E-state index contributed by atoms with van der Waals surface area (Å²) in [5.74, 6) is -0.0533. The van der Waals surface area contributed by atoms with Crippen LogP contribution in [0.1, 0.15) is 24.5 Å². The number of thioether (sulfide) groups is 1. The maximum atomic E-state index is 12.5. The first-order chi connectivity index (χ1) is 12.0. The third-order valence-corrected chi connectivity index (χ3v) is 4.99. The molecule has 132 valence electrons. The summed E-state index contributed by atoms with van der Waals surface area (Å²) in [6, 6.07) is 15.8. The summed E-state index contributed by atoms with van der Waals surface area (Å²) in [6.07, 6.45) is 0.993. The third-order valence-electron chi connectivity index (χ3n) is 3.88. The Morgan fingerprint density at radius 1 is 1.08 bits per heavy atom. The highest BCUT2D eigenvalue weighted by Gasteiger charge is 2.16. The first-order valence-corrected chi connectivity index (χ1v) is 9.20. The Bertz CT molecular complexity index is 729. The Morgan fingerprint density at radius 3 is 2.44 bits per heavy atom. The molecule has 0 fully saturated rings. The predicted octanol–water partition coefficient (Wildman–Crippen LogP) is 3.79. The van der Waals surface area contributed by atoms with Gasteiger partial charge in [-0.2, -0.15) is 0 Å². The average molecular weight is 356 g/mol. The number of aryl methyl sites for hydroxylation is 2. The van der Waals surface area contributed by atoms with Crippen LogP contribution in [0.4, 0.5) is 5.69 Å². The highest BCUT2D eigenvalue weighted by molar-refractivity contribution is 8.00. The highest BCUT2D eigenvalue weighted by Crippen LogP contribution is 2.25. The minimum absolute atomic E-state index is 0.00979. The lowest BCUT2D eigenvalue weighted by molar-refractivity contribution is -0.120. The van der Waals surface area contributed by atoms with E-state index in [1.54, 1.807) is 7.05 Å². The monoisotopic (exact) mass is 356 g/mol. The van der Waals surface area contributed by atoms with Crippen molar-refractivity contribution in [1.29, 1.82) is 0 Å². The van der Waals surface area contributed by atoms with E-state index in [2.05, 4.69) is 10.6 Å². The molecular formula is C20H24N2O2S. The molecule has 5 heteroatoms. The summed E-state index contributed by atoms with van der Waals surface area (Å²) in [6.45, 7) is 3.94. The van der Waals surface area contributed by atoms with E-state index in [-0.39, 0.29) is 17.1 Å². The van der Waals surface area contributed by atoms with Gasteiger partial charge in [-0.15, -0.1) is 11.8 Å². The molecule has 0 saturated carbocycles. The summed E-state index contributed by atoms with van der Waals surface area (Å²) >= 11 is 1.53. The van der Waals surface area contributed by atoms with Gasteiger partial charge in [-0.1, -0.05) is 35.9 Å². The molecule has 2 N–H and O–H groups in total. The first-order valence-electron chi connectivity index (χ1n) is 8.32. The maximum absolute atomic E-state index is 12.5. The second-order valence-electron chi connectivity index (χ2n) is 5.89. The minimum atomic E-state index is -0.213. The van der Waals surface area contributed by atoms with Crippen molar-refractivity contribution in [1.82, 2.24) is 5.32 Å². The summed E-state index contributed by atoms with van der Waals surface area (Å²) in [5, 5.41) is 5.39. The summed E-state index contributed by atoms with van der Waals surface area (Å²) in [7, 11) is 1.62. The van der Waals surface area contributed by atoms with Crippen molar-refractivity contribution in [3.8, 4) is 0 Å². The van der Waals surface area contributed by atoms with E-state index in [9.17, 15) is 9.59 Å². The van der Waals surface area contributed by atoms with Gasteiger partial charge in [-0.3, -0.25) is 9.59 Å². The number of benzene rings is 2. The predicted molar refractivity (Wildman–Crippen MR) is 104 cm³/mol. The highest BCUT2D eigenvalue weighted by atomic mass is 32.2. The van der Waals surface area contributed by atoms with Gasteiger partial charge < -0.3 is 10.6 Å². The molecule has 2 amide bonds. The zero-order valence-electron chi connectivity index (χ0n) is 14.8. The summed E-state index contributed by atoms with van der Waals surface area (Å²) < 4.78 is 0. The molecule has 0 aliphatic rings. The smallest absolute Gasteiger partial charge is 0.237 e. The number of carbonyl (C=O) groups is 2. The van der Waals surface area contributed by atoms with Gasteiger partial charge in [0, 0.05) is 24.1 Å². The Labute approximate surface area is 153 Å². The molecule has 0 aromatic heterocycles. The molecule has 0 spiro atoms. The standard InChI is InChI=1S/C20H24N2O2S/c1-14-8-11-17(12-9-14)25-15(2)20(24)22-18-7-5-4-6-16(18)10-13-19(23)21-3/h4-9,11-12,15H,10,13H2,1-3H3,(H,21,23)(H,22,24). The molecule has 0 heterocycles. The molecule has 2 aromatic rings. The maximum Gasteiger partial charge on any atom is 0.237 e. The summed E-state index contributed by atoms with van der Waals surface area (Å²) in [5.41, 5.74) is 2.94. The van der Waals surface area contributed by atoms with Gasteiger partial charge in [-0.25, -0.2) is 0 Å². The van der Waals surface area contributed by atoms with Gasteiger partial charge in [0.15, 0.2) is 0 Å². The zero-order valence-corrected chi connectivity index (χ0v) is 15.7. The molecule has 2 rings (SSSR count). The number of amides is 2. The van der Waals surface area contributed by atoms with E-state index >= 15 is 0 Å². The molecule has 0 aliphatic heterocycles. The van der Waals surface area contributed by atoms with E-state index in [1.807, 2.05) is 62.4 Å². The van der Waals surface area contributed by atoms with Crippen molar-refractivity contribution in [2.24, 2.45) is 0 Å². The third kappa shape index (κ3) is 5.94. The van der Waals surface area contributed by atoms with Crippen LogP contribution in [-0.2, 0) is 16.0 Å². The van der Waals surface area contributed by atoms with Crippen LogP contribution in [0.25, 0.3) is 0 Å². The molecular weight excluding hydrogens is 332 g/mol. The SMILES string of the molecule is CNC(=O)CCc1ccccc1NC(=O)C(C)Sc1ccc(C)cc1. The van der Waals surface area contributed by atoms with Crippen LogP contribution >= 0.6 is 11.8 Å². The van der Waals surface area contributed by atoms with Crippen molar-refractivity contribution >= 4 is 29.3 Å². The van der Waals surface area contributed by atoms with Crippen LogP contribution in [0.5, 0.6) is 0 Å². The molecule has 0 bridgehead atoms. The van der Waals surface area contributed by atoms with Crippen LogP contribution in [0.15, 0.2) is 53.4 Å². The zero-order chi connectivity index (χ0) is 18.2. The first kappa shape index (κ1) is 19.1. The number of carbonyl (C=O) groups excluding carboxylic acids is 2. The number of hydrogen-bond donors (Lipinski definition) is 2. The molecule has 25 heavy (non-hydrogen) atoms. The second-order valence-corrected chi connectivity index (χ2v) is 7.31. The lowest BCUT2D eigenvalue weighted by Gasteiger charge is -2.15. The van der Waals surface area contributed by atoms with E-state index in [1.165, 1.54) is 17.3 Å². The molecule has 1 atom stereocenters. The molecule has 2 aromatic carbocycles. The second kappa shape index (κ2) is 9.28. The average Bonchev–Trinajstić information content (AvgIpc) is 2.62. The number of hydrogen-bond acceptors (Lipinski definition) is 3. The van der Waals surface area contributed by atoms with E-state index in [0.29, 0.717) is 12.8 Å². The van der Waals surface area contributed by atoms with Crippen molar-refractivity contribution in [2.45, 2.75) is 36.8 Å². The molecule has 0 saturated heterocycles. The van der Waals surface area contributed by atoms with Gasteiger partial charge >= 0.3 is 0 Å². The lowest BCUT2D eigenvalue weighted by atomic mass is 10.1. The number of para-hydroxylation sites is 1. The van der Waals surface area contributed by atoms with Gasteiger partial charge in [0.2, 0.25) is 11.8 Å². The van der Waals surface area contributed by atoms with Gasteiger partial charge in [0.1, 0.15) is 0 Å².